The third kappa shape index (κ3) is 2.53. The van der Waals surface area contributed by atoms with E-state index in [4.69, 9.17) is 4.74 Å². The molecule has 0 heterocycles. The number of nitrogens with zero attached hydrogens (tertiary/aromatic N) is 1. The van der Waals surface area contributed by atoms with Gasteiger partial charge in [-0.25, -0.2) is 0 Å². The van der Waals surface area contributed by atoms with E-state index >= 15 is 0 Å². The Morgan fingerprint density at radius 3 is 2.38 bits per heavy atom. The second kappa shape index (κ2) is 4.55. The molecule has 5 heteroatoms. The van der Waals surface area contributed by atoms with Gasteiger partial charge >= 0.3 is 6.18 Å². The first kappa shape index (κ1) is 12.5. The molecule has 1 aromatic carbocycles. The van der Waals surface area contributed by atoms with Crippen LogP contribution in [0, 0.1) is 0 Å². The maximum atomic E-state index is 12.8. The molecule has 0 saturated carbocycles. The molecule has 0 bridgehead atoms. The molecule has 0 spiro atoms. The Balaban J connectivity index is 3.39. The van der Waals surface area contributed by atoms with Crippen molar-refractivity contribution in [3.05, 3.63) is 29.3 Å². The lowest BCUT2D eigenvalue weighted by molar-refractivity contribution is -0.137. The zero-order valence-electron chi connectivity index (χ0n) is 9.22. The van der Waals surface area contributed by atoms with Crippen molar-refractivity contribution in [2.24, 2.45) is 4.99 Å². The molecule has 2 nitrogen and oxygen atoms in total. The number of rotatable bonds is 2. The van der Waals surface area contributed by atoms with E-state index in [2.05, 4.69) is 4.99 Å². The fourth-order valence-electron chi connectivity index (χ4n) is 1.32. The van der Waals surface area contributed by atoms with Crippen LogP contribution in [0.15, 0.2) is 23.2 Å². The molecule has 0 amide bonds. The van der Waals surface area contributed by atoms with Gasteiger partial charge in [-0.05, 0) is 25.1 Å². The number of methoxy groups -OCH3 is 1. The molecule has 1 aromatic rings. The number of alkyl halides is 3. The van der Waals surface area contributed by atoms with Gasteiger partial charge in [-0.1, -0.05) is 0 Å². The van der Waals surface area contributed by atoms with Gasteiger partial charge in [0.2, 0.25) is 0 Å². The summed E-state index contributed by atoms with van der Waals surface area (Å²) in [5, 5.41) is 0. The minimum atomic E-state index is -4.41. The molecule has 0 fully saturated rings. The highest BCUT2D eigenvalue weighted by Crippen LogP contribution is 2.34. The third-order valence-corrected chi connectivity index (χ3v) is 2.26. The first-order valence-corrected chi connectivity index (χ1v) is 4.59. The van der Waals surface area contributed by atoms with Crippen LogP contribution in [-0.4, -0.2) is 19.9 Å². The summed E-state index contributed by atoms with van der Waals surface area (Å²) in [6, 6.07) is 3.83. The molecule has 0 aliphatic rings. The molecule has 0 saturated heterocycles. The zero-order chi connectivity index (χ0) is 12.3. The molecule has 0 aliphatic heterocycles. The highest BCUT2D eigenvalue weighted by Gasteiger charge is 2.34. The van der Waals surface area contributed by atoms with Gasteiger partial charge in [-0.3, -0.25) is 4.99 Å². The fourth-order valence-corrected chi connectivity index (χ4v) is 1.32. The van der Waals surface area contributed by atoms with Gasteiger partial charge < -0.3 is 4.74 Å². The summed E-state index contributed by atoms with van der Waals surface area (Å²) >= 11 is 0. The van der Waals surface area contributed by atoms with Crippen molar-refractivity contribution in [2.45, 2.75) is 13.1 Å². The molecule has 0 aromatic heterocycles. The van der Waals surface area contributed by atoms with Gasteiger partial charge in [0.25, 0.3) is 0 Å². The normalized spacial score (nSPS) is 12.8. The van der Waals surface area contributed by atoms with Crippen LogP contribution in [0.2, 0.25) is 0 Å². The predicted octanol–water partition coefficient (Wildman–Crippen LogP) is 3.15. The van der Waals surface area contributed by atoms with Crippen LogP contribution in [0.1, 0.15) is 18.1 Å². The van der Waals surface area contributed by atoms with E-state index in [1.54, 1.807) is 0 Å². The van der Waals surface area contributed by atoms with E-state index in [9.17, 15) is 13.2 Å². The van der Waals surface area contributed by atoms with Crippen LogP contribution in [0.25, 0.3) is 0 Å². The van der Waals surface area contributed by atoms with Crippen LogP contribution < -0.4 is 4.74 Å². The fraction of sp³-hybridized carbons (Fsp3) is 0.364. The Bertz CT molecular complexity index is 410. The van der Waals surface area contributed by atoms with Gasteiger partial charge in [0.15, 0.2) is 0 Å². The number of hydrogen-bond acceptors (Lipinski definition) is 2. The minimum absolute atomic E-state index is 0.0794. The van der Waals surface area contributed by atoms with Crippen molar-refractivity contribution in [3.8, 4) is 5.75 Å². The number of ether oxygens (including phenoxy) is 1. The van der Waals surface area contributed by atoms with Crippen molar-refractivity contribution < 1.29 is 17.9 Å². The summed E-state index contributed by atoms with van der Waals surface area (Å²) in [6.07, 6.45) is -4.41. The monoisotopic (exact) mass is 231 g/mol. The summed E-state index contributed by atoms with van der Waals surface area (Å²) in [5.41, 5.74) is -0.305. The van der Waals surface area contributed by atoms with Crippen molar-refractivity contribution in [2.75, 3.05) is 14.2 Å². The molecule has 0 aliphatic carbocycles. The molecule has 88 valence electrons. The maximum Gasteiger partial charge on any atom is 0.417 e. The molecular formula is C11H12F3NO. The van der Waals surface area contributed by atoms with Crippen molar-refractivity contribution in [1.29, 1.82) is 0 Å². The Hall–Kier alpha value is -1.52. The molecule has 0 atom stereocenters. The average Bonchev–Trinajstić information content (AvgIpc) is 2.26. The topological polar surface area (TPSA) is 21.6 Å². The van der Waals surface area contributed by atoms with Gasteiger partial charge in [-0.15, -0.1) is 0 Å². The Morgan fingerprint density at radius 2 is 1.94 bits per heavy atom. The Morgan fingerprint density at radius 1 is 1.31 bits per heavy atom. The van der Waals surface area contributed by atoms with E-state index in [-0.39, 0.29) is 11.3 Å². The Kier molecular flexibility index (Phi) is 3.57. The molecular weight excluding hydrogens is 219 g/mol. The number of hydrogen-bond donors (Lipinski definition) is 0. The van der Waals surface area contributed by atoms with Crippen LogP contribution in [0.3, 0.4) is 0 Å². The summed E-state index contributed by atoms with van der Waals surface area (Å²) in [5.74, 6) is 0.181. The minimum Gasteiger partial charge on any atom is -0.497 e. The maximum absolute atomic E-state index is 12.8. The lowest BCUT2D eigenvalue weighted by atomic mass is 10.0. The molecule has 0 radical (unpaired) electrons. The summed E-state index contributed by atoms with van der Waals surface area (Å²) in [7, 11) is 2.79. The molecule has 0 N–H and O–H groups in total. The highest BCUT2D eigenvalue weighted by atomic mass is 19.4. The number of halogens is 3. The smallest absolute Gasteiger partial charge is 0.417 e. The molecule has 0 unspecified atom stereocenters. The zero-order valence-corrected chi connectivity index (χ0v) is 9.22. The van der Waals surface area contributed by atoms with Crippen LogP contribution in [0.5, 0.6) is 5.75 Å². The van der Waals surface area contributed by atoms with Gasteiger partial charge in [0.05, 0.1) is 12.7 Å². The second-order valence-corrected chi connectivity index (χ2v) is 3.22. The van der Waals surface area contributed by atoms with Crippen molar-refractivity contribution >= 4 is 5.71 Å². The molecule has 1 rings (SSSR count). The lowest BCUT2D eigenvalue weighted by Crippen LogP contribution is -2.12. The quantitative estimate of drug-likeness (QED) is 0.716. The standard InChI is InChI=1S/C11H12F3NO/c1-7(15-2)9-5-4-8(16-3)6-10(9)11(12,13)14/h4-6H,1-3H3. The van der Waals surface area contributed by atoms with Gasteiger partial charge in [0.1, 0.15) is 5.75 Å². The molecule has 16 heavy (non-hydrogen) atoms. The van der Waals surface area contributed by atoms with E-state index < -0.39 is 11.7 Å². The lowest BCUT2D eigenvalue weighted by Gasteiger charge is -2.13. The summed E-state index contributed by atoms with van der Waals surface area (Å²) in [6.45, 7) is 1.54. The van der Waals surface area contributed by atoms with Crippen molar-refractivity contribution in [1.82, 2.24) is 0 Å². The van der Waals surface area contributed by atoms with Gasteiger partial charge in [-0.2, -0.15) is 13.2 Å². The summed E-state index contributed by atoms with van der Waals surface area (Å²) in [4.78, 5) is 3.76. The average molecular weight is 231 g/mol. The first-order valence-electron chi connectivity index (χ1n) is 4.59. The van der Waals surface area contributed by atoms with E-state index in [1.165, 1.54) is 33.2 Å². The van der Waals surface area contributed by atoms with Crippen molar-refractivity contribution in [3.63, 3.8) is 0 Å². The number of aliphatic imine (C=N–C) groups is 1. The van der Waals surface area contributed by atoms with Crippen LogP contribution >= 0.6 is 0 Å². The highest BCUT2D eigenvalue weighted by molar-refractivity contribution is 6.00. The Labute approximate surface area is 91.8 Å². The SMILES string of the molecule is CN=C(C)c1ccc(OC)cc1C(F)(F)F. The first-order chi connectivity index (χ1) is 7.40. The predicted molar refractivity (Wildman–Crippen MR) is 56.1 cm³/mol. The van der Waals surface area contributed by atoms with E-state index in [0.29, 0.717) is 5.71 Å². The van der Waals surface area contributed by atoms with E-state index in [0.717, 1.165) is 6.07 Å². The number of benzene rings is 1. The second-order valence-electron chi connectivity index (χ2n) is 3.22. The van der Waals surface area contributed by atoms with Crippen LogP contribution in [0.4, 0.5) is 13.2 Å². The van der Waals surface area contributed by atoms with E-state index in [1.807, 2.05) is 0 Å². The largest absolute Gasteiger partial charge is 0.497 e. The van der Waals surface area contributed by atoms with Gasteiger partial charge in [0, 0.05) is 18.3 Å². The third-order valence-electron chi connectivity index (χ3n) is 2.26. The summed E-state index contributed by atoms with van der Waals surface area (Å²) < 4.78 is 43.0. The van der Waals surface area contributed by atoms with Crippen LogP contribution in [-0.2, 0) is 6.18 Å².